The minimum absolute atomic E-state index is 0.222. The number of fused-ring (bicyclic) bond motifs is 3. The van der Waals surface area contributed by atoms with Crippen LogP contribution >= 0.6 is 0 Å². The number of hydrogen-bond acceptors (Lipinski definition) is 2. The molecule has 2 aromatic carbocycles. The number of para-hydroxylation sites is 1. The lowest BCUT2D eigenvalue weighted by Crippen LogP contribution is -2.36. The van der Waals surface area contributed by atoms with Gasteiger partial charge in [0.05, 0.1) is 12.1 Å². The Morgan fingerprint density at radius 3 is 2.84 bits per heavy atom. The largest absolute Gasteiger partial charge is 0.377 e. The van der Waals surface area contributed by atoms with E-state index >= 15 is 0 Å². The van der Waals surface area contributed by atoms with Gasteiger partial charge in [0.25, 0.3) is 0 Å². The third-order valence-corrected chi connectivity index (χ3v) is 6.08. The predicted molar refractivity (Wildman–Crippen MR) is 104 cm³/mol. The van der Waals surface area contributed by atoms with Crippen LogP contribution in [0.4, 0.5) is 5.69 Å². The fraction of sp³-hybridized carbons (Fsp3) is 0.478. The summed E-state index contributed by atoms with van der Waals surface area (Å²) in [5.41, 5.74) is 6.85. The Labute approximate surface area is 151 Å². The smallest absolute Gasteiger partial charge is 0.0895 e. The maximum Gasteiger partial charge on any atom is 0.0895 e. The molecule has 25 heavy (non-hydrogen) atoms. The van der Waals surface area contributed by atoms with E-state index in [-0.39, 0.29) is 6.10 Å². The molecule has 1 saturated heterocycles. The summed E-state index contributed by atoms with van der Waals surface area (Å²) in [7, 11) is 0. The van der Waals surface area contributed by atoms with Gasteiger partial charge >= 0.3 is 0 Å². The lowest BCUT2D eigenvalue weighted by Gasteiger charge is -2.44. The summed E-state index contributed by atoms with van der Waals surface area (Å²) in [6.07, 6.45) is 3.76. The van der Waals surface area contributed by atoms with Crippen molar-refractivity contribution in [3.05, 3.63) is 64.7 Å². The Hall–Kier alpha value is -1.80. The molecule has 0 bridgehead atoms. The molecule has 1 unspecified atom stereocenters. The molecule has 1 N–H and O–H groups in total. The molecule has 0 aliphatic carbocycles. The zero-order valence-corrected chi connectivity index (χ0v) is 15.6. The number of benzene rings is 2. The third-order valence-electron chi connectivity index (χ3n) is 6.08. The van der Waals surface area contributed by atoms with E-state index in [4.69, 9.17) is 4.74 Å². The topological polar surface area (TPSA) is 21.3 Å². The highest BCUT2D eigenvalue weighted by Crippen LogP contribution is 2.51. The van der Waals surface area contributed by atoms with Crippen molar-refractivity contribution in [1.82, 2.24) is 0 Å². The first-order valence-corrected chi connectivity index (χ1v) is 9.76. The number of anilines is 1. The van der Waals surface area contributed by atoms with Gasteiger partial charge in [-0.15, -0.1) is 0 Å². The summed E-state index contributed by atoms with van der Waals surface area (Å²) in [4.78, 5) is 0. The monoisotopic (exact) mass is 335 g/mol. The molecule has 2 nitrogen and oxygen atoms in total. The van der Waals surface area contributed by atoms with E-state index in [0.29, 0.717) is 17.9 Å². The normalized spacial score (nSPS) is 26.3. The maximum absolute atomic E-state index is 6.32. The van der Waals surface area contributed by atoms with E-state index in [2.05, 4.69) is 68.6 Å². The molecule has 2 heteroatoms. The molecule has 4 rings (SSSR count). The SMILES string of the molecule is CCC(C)c1cccc2c1N[C@@H](c1cccc(C)c1)[C@@H]1CCCO[C@H]21. The van der Waals surface area contributed by atoms with Gasteiger partial charge in [-0.3, -0.25) is 0 Å². The van der Waals surface area contributed by atoms with Crippen LogP contribution in [0.3, 0.4) is 0 Å². The van der Waals surface area contributed by atoms with Crippen molar-refractivity contribution in [2.24, 2.45) is 5.92 Å². The van der Waals surface area contributed by atoms with E-state index in [9.17, 15) is 0 Å². The number of nitrogens with one attached hydrogen (secondary N) is 1. The second-order valence-corrected chi connectivity index (χ2v) is 7.75. The van der Waals surface area contributed by atoms with Crippen molar-refractivity contribution in [3.8, 4) is 0 Å². The van der Waals surface area contributed by atoms with Crippen LogP contribution in [0.2, 0.25) is 0 Å². The molecule has 0 aromatic heterocycles. The molecule has 1 fully saturated rings. The van der Waals surface area contributed by atoms with Gasteiger partial charge in [0, 0.05) is 23.8 Å². The molecule has 0 radical (unpaired) electrons. The lowest BCUT2D eigenvalue weighted by atomic mass is 9.76. The van der Waals surface area contributed by atoms with Crippen molar-refractivity contribution in [3.63, 3.8) is 0 Å². The Morgan fingerprint density at radius 2 is 2.04 bits per heavy atom. The van der Waals surface area contributed by atoms with Crippen LogP contribution in [0.15, 0.2) is 42.5 Å². The molecule has 0 spiro atoms. The second-order valence-electron chi connectivity index (χ2n) is 7.75. The Morgan fingerprint density at radius 1 is 1.20 bits per heavy atom. The van der Waals surface area contributed by atoms with Gasteiger partial charge in [-0.25, -0.2) is 0 Å². The quantitative estimate of drug-likeness (QED) is 0.727. The first kappa shape index (κ1) is 16.7. The average Bonchev–Trinajstić information content (AvgIpc) is 2.66. The van der Waals surface area contributed by atoms with Gasteiger partial charge in [-0.05, 0) is 43.2 Å². The third kappa shape index (κ3) is 2.97. The summed E-state index contributed by atoms with van der Waals surface area (Å²) in [6.45, 7) is 7.66. The number of hydrogen-bond donors (Lipinski definition) is 1. The average molecular weight is 335 g/mol. The van der Waals surface area contributed by atoms with E-state index in [1.165, 1.54) is 34.4 Å². The van der Waals surface area contributed by atoms with Crippen LogP contribution in [-0.2, 0) is 4.74 Å². The highest BCUT2D eigenvalue weighted by Gasteiger charge is 2.40. The summed E-state index contributed by atoms with van der Waals surface area (Å²) in [5, 5.41) is 3.94. The number of ether oxygens (including phenoxy) is 1. The zero-order valence-electron chi connectivity index (χ0n) is 15.6. The molecule has 2 aliphatic heterocycles. The summed E-state index contributed by atoms with van der Waals surface area (Å²) in [5.74, 6) is 1.07. The van der Waals surface area contributed by atoms with Crippen molar-refractivity contribution < 1.29 is 4.74 Å². The van der Waals surface area contributed by atoms with E-state index in [1.54, 1.807) is 0 Å². The molecule has 2 aliphatic rings. The van der Waals surface area contributed by atoms with Crippen LogP contribution in [0, 0.1) is 12.8 Å². The Balaban J connectivity index is 1.82. The van der Waals surface area contributed by atoms with E-state index < -0.39 is 0 Å². The van der Waals surface area contributed by atoms with Crippen LogP contribution in [0.25, 0.3) is 0 Å². The van der Waals surface area contributed by atoms with Gasteiger partial charge in [0.15, 0.2) is 0 Å². The van der Waals surface area contributed by atoms with Gasteiger partial charge in [0.2, 0.25) is 0 Å². The molecule has 2 aromatic rings. The maximum atomic E-state index is 6.32. The minimum atomic E-state index is 0.222. The first-order chi connectivity index (χ1) is 12.2. The fourth-order valence-corrected chi connectivity index (χ4v) is 4.55. The molecule has 0 amide bonds. The second kappa shape index (κ2) is 6.84. The molecule has 4 atom stereocenters. The van der Waals surface area contributed by atoms with Crippen LogP contribution in [0.1, 0.15) is 73.4 Å². The van der Waals surface area contributed by atoms with Gasteiger partial charge in [-0.2, -0.15) is 0 Å². The number of rotatable bonds is 3. The zero-order chi connectivity index (χ0) is 17.4. The van der Waals surface area contributed by atoms with Crippen molar-refractivity contribution in [2.45, 2.75) is 58.1 Å². The predicted octanol–water partition coefficient (Wildman–Crippen LogP) is 6.14. The van der Waals surface area contributed by atoms with Crippen LogP contribution < -0.4 is 5.32 Å². The van der Waals surface area contributed by atoms with E-state index in [0.717, 1.165) is 19.4 Å². The van der Waals surface area contributed by atoms with E-state index in [1.807, 2.05) is 0 Å². The Bertz CT molecular complexity index is 754. The van der Waals surface area contributed by atoms with Crippen molar-refractivity contribution >= 4 is 5.69 Å². The first-order valence-electron chi connectivity index (χ1n) is 9.76. The standard InChI is InChI=1S/C23H29NO/c1-4-16(3)18-10-6-11-20-22(18)24-21(17-9-5-8-15(2)14-17)19-12-7-13-25-23(19)20/h5-6,8-11,14,16,19,21,23-24H,4,7,12-13H2,1-3H3/t16?,19-,21-,23-/m0/s1. The molecule has 0 saturated carbocycles. The summed E-state index contributed by atoms with van der Waals surface area (Å²) in [6, 6.07) is 16.1. The van der Waals surface area contributed by atoms with Crippen LogP contribution in [0.5, 0.6) is 0 Å². The lowest BCUT2D eigenvalue weighted by molar-refractivity contribution is -0.0382. The molecule has 2 heterocycles. The Kier molecular flexibility index (Phi) is 4.56. The summed E-state index contributed by atoms with van der Waals surface area (Å²) < 4.78 is 6.32. The highest BCUT2D eigenvalue weighted by atomic mass is 16.5. The van der Waals surface area contributed by atoms with Gasteiger partial charge < -0.3 is 10.1 Å². The molecular formula is C23H29NO. The molecule has 132 valence electrons. The fourth-order valence-electron chi connectivity index (χ4n) is 4.55. The summed E-state index contributed by atoms with van der Waals surface area (Å²) >= 11 is 0. The number of aryl methyl sites for hydroxylation is 1. The van der Waals surface area contributed by atoms with Crippen LogP contribution in [-0.4, -0.2) is 6.61 Å². The van der Waals surface area contributed by atoms with Gasteiger partial charge in [-0.1, -0.05) is 61.9 Å². The van der Waals surface area contributed by atoms with Crippen molar-refractivity contribution in [2.75, 3.05) is 11.9 Å². The molecular weight excluding hydrogens is 306 g/mol. The minimum Gasteiger partial charge on any atom is -0.377 e. The van der Waals surface area contributed by atoms with Gasteiger partial charge in [0.1, 0.15) is 0 Å². The van der Waals surface area contributed by atoms with Crippen molar-refractivity contribution in [1.29, 1.82) is 0 Å². The highest BCUT2D eigenvalue weighted by molar-refractivity contribution is 5.63.